The molecule has 1 amide bonds. The summed E-state index contributed by atoms with van der Waals surface area (Å²) in [5.74, 6) is -0.142. The van der Waals surface area contributed by atoms with Crippen molar-refractivity contribution in [2.45, 2.75) is 32.7 Å². The Hall–Kier alpha value is -2.17. The van der Waals surface area contributed by atoms with Gasteiger partial charge in [0.1, 0.15) is 0 Å². The minimum Gasteiger partial charge on any atom is -0.337 e. The average Bonchev–Trinajstić information content (AvgIpc) is 2.68. The van der Waals surface area contributed by atoms with E-state index in [1.54, 1.807) is 12.1 Å². The molecule has 2 aromatic rings. The fourth-order valence-electron chi connectivity index (χ4n) is 3.56. The monoisotopic (exact) mass is 386 g/mol. The van der Waals surface area contributed by atoms with Crippen molar-refractivity contribution in [3.8, 4) is 0 Å². The third-order valence-corrected chi connectivity index (χ3v) is 5.16. The van der Waals surface area contributed by atoms with E-state index < -0.39 is 0 Å². The molecule has 27 heavy (non-hydrogen) atoms. The van der Waals surface area contributed by atoms with Crippen molar-refractivity contribution >= 4 is 24.1 Å². The van der Waals surface area contributed by atoms with Gasteiger partial charge in [-0.1, -0.05) is 35.9 Å². The van der Waals surface area contributed by atoms with Gasteiger partial charge >= 0.3 is 0 Å². The summed E-state index contributed by atoms with van der Waals surface area (Å²) in [5, 5.41) is 3.26. The van der Waals surface area contributed by atoms with Gasteiger partial charge in [0, 0.05) is 30.3 Å². The smallest absolute Gasteiger partial charge is 0.254 e. The molecular formula is C22H27ClN2O2. The number of amides is 1. The molecule has 1 atom stereocenters. The lowest BCUT2D eigenvalue weighted by Crippen LogP contribution is -2.47. The first-order valence-electron chi connectivity index (χ1n) is 9.18. The third kappa shape index (κ3) is 4.57. The Kier molecular flexibility index (Phi) is 7.17. The molecule has 1 heterocycles. The first-order valence-corrected chi connectivity index (χ1v) is 9.18. The van der Waals surface area contributed by atoms with Crippen molar-refractivity contribution in [3.63, 3.8) is 0 Å². The van der Waals surface area contributed by atoms with E-state index in [9.17, 15) is 9.59 Å². The van der Waals surface area contributed by atoms with Gasteiger partial charge in [0.25, 0.3) is 5.91 Å². The van der Waals surface area contributed by atoms with Gasteiger partial charge in [-0.3, -0.25) is 9.59 Å². The van der Waals surface area contributed by atoms with Crippen LogP contribution in [-0.4, -0.2) is 42.8 Å². The number of hydrogen-bond donors (Lipinski definition) is 1. The van der Waals surface area contributed by atoms with Crippen LogP contribution in [0.4, 0.5) is 0 Å². The minimum absolute atomic E-state index is 0. The zero-order valence-electron chi connectivity index (χ0n) is 16.1. The molecule has 1 aliphatic rings. The maximum absolute atomic E-state index is 13.2. The number of piperidine rings is 1. The SMILES string of the molecule is CNC1CCCN(C(=O)c2ccccc2C(=O)c2cc(C)ccc2C)C1.Cl. The van der Waals surface area contributed by atoms with E-state index in [4.69, 9.17) is 0 Å². The van der Waals surface area contributed by atoms with Gasteiger partial charge in [-0.25, -0.2) is 0 Å². The largest absolute Gasteiger partial charge is 0.337 e. The fraction of sp³-hybridized carbons (Fsp3) is 0.364. The predicted molar refractivity (Wildman–Crippen MR) is 111 cm³/mol. The molecule has 1 aliphatic heterocycles. The number of likely N-dealkylation sites (N-methyl/N-ethyl adjacent to an activating group) is 1. The van der Waals surface area contributed by atoms with Gasteiger partial charge in [0.05, 0.1) is 5.56 Å². The van der Waals surface area contributed by atoms with E-state index in [1.165, 1.54) is 0 Å². The van der Waals surface area contributed by atoms with E-state index >= 15 is 0 Å². The lowest BCUT2D eigenvalue weighted by Gasteiger charge is -2.33. The van der Waals surface area contributed by atoms with Gasteiger partial charge in [-0.15, -0.1) is 12.4 Å². The summed E-state index contributed by atoms with van der Waals surface area (Å²) in [5.41, 5.74) is 3.61. The zero-order chi connectivity index (χ0) is 18.7. The fourth-order valence-corrected chi connectivity index (χ4v) is 3.56. The van der Waals surface area contributed by atoms with Crippen molar-refractivity contribution in [1.82, 2.24) is 10.2 Å². The molecular weight excluding hydrogens is 360 g/mol. The molecule has 144 valence electrons. The summed E-state index contributed by atoms with van der Waals surface area (Å²) in [7, 11) is 1.93. The van der Waals surface area contributed by atoms with Crippen LogP contribution in [0, 0.1) is 13.8 Å². The molecule has 1 unspecified atom stereocenters. The molecule has 1 saturated heterocycles. The highest BCUT2D eigenvalue weighted by Gasteiger charge is 2.27. The van der Waals surface area contributed by atoms with Crippen molar-refractivity contribution in [2.75, 3.05) is 20.1 Å². The molecule has 1 N–H and O–H groups in total. The Bertz CT molecular complexity index is 835. The van der Waals surface area contributed by atoms with Gasteiger partial charge in [0.2, 0.25) is 0 Å². The highest BCUT2D eigenvalue weighted by atomic mass is 35.5. The maximum Gasteiger partial charge on any atom is 0.254 e. The number of likely N-dealkylation sites (tertiary alicyclic amines) is 1. The lowest BCUT2D eigenvalue weighted by molar-refractivity contribution is 0.0694. The van der Waals surface area contributed by atoms with E-state index in [0.717, 1.165) is 30.5 Å². The molecule has 0 radical (unpaired) electrons. The van der Waals surface area contributed by atoms with Crippen LogP contribution in [0.1, 0.15) is 50.2 Å². The number of halogens is 1. The quantitative estimate of drug-likeness (QED) is 0.813. The van der Waals surface area contributed by atoms with Crippen LogP contribution in [0.2, 0.25) is 0 Å². The number of ketones is 1. The van der Waals surface area contributed by atoms with E-state index in [2.05, 4.69) is 5.32 Å². The second-order valence-corrected chi connectivity index (χ2v) is 7.07. The number of aryl methyl sites for hydroxylation is 2. The average molecular weight is 387 g/mol. The Balaban J connectivity index is 0.00000261. The zero-order valence-corrected chi connectivity index (χ0v) is 16.9. The molecule has 0 aromatic heterocycles. The first kappa shape index (κ1) is 21.1. The topological polar surface area (TPSA) is 49.4 Å². The van der Waals surface area contributed by atoms with Crippen molar-refractivity contribution in [1.29, 1.82) is 0 Å². The molecule has 3 rings (SSSR count). The summed E-state index contributed by atoms with van der Waals surface area (Å²) < 4.78 is 0. The number of benzene rings is 2. The van der Waals surface area contributed by atoms with Crippen LogP contribution in [0.25, 0.3) is 0 Å². The molecule has 0 saturated carbocycles. The summed E-state index contributed by atoms with van der Waals surface area (Å²) in [6.07, 6.45) is 2.05. The van der Waals surface area contributed by atoms with Gasteiger partial charge < -0.3 is 10.2 Å². The van der Waals surface area contributed by atoms with E-state index in [1.807, 2.05) is 56.1 Å². The minimum atomic E-state index is -0.0858. The van der Waals surface area contributed by atoms with Crippen LogP contribution in [0.3, 0.4) is 0 Å². The van der Waals surface area contributed by atoms with E-state index in [-0.39, 0.29) is 24.1 Å². The summed E-state index contributed by atoms with van der Waals surface area (Å²) in [6.45, 7) is 5.32. The molecule has 5 heteroatoms. The summed E-state index contributed by atoms with van der Waals surface area (Å²) in [6, 6.07) is 13.3. The number of hydrogen-bond acceptors (Lipinski definition) is 3. The van der Waals surface area contributed by atoms with Crippen LogP contribution in [0.5, 0.6) is 0 Å². The molecule has 0 bridgehead atoms. The number of carbonyl (C=O) groups is 2. The molecule has 2 aromatic carbocycles. The van der Waals surface area contributed by atoms with E-state index in [0.29, 0.717) is 29.3 Å². The highest BCUT2D eigenvalue weighted by molar-refractivity contribution is 6.16. The van der Waals surface area contributed by atoms with Crippen molar-refractivity contribution in [3.05, 3.63) is 70.3 Å². The summed E-state index contributed by atoms with van der Waals surface area (Å²) in [4.78, 5) is 28.1. The molecule has 0 spiro atoms. The molecule has 0 aliphatic carbocycles. The second kappa shape index (κ2) is 9.16. The number of nitrogens with zero attached hydrogens (tertiary/aromatic N) is 1. The van der Waals surface area contributed by atoms with Crippen molar-refractivity contribution in [2.24, 2.45) is 0 Å². The normalized spacial score (nSPS) is 16.6. The van der Waals surface area contributed by atoms with Crippen LogP contribution in [0.15, 0.2) is 42.5 Å². The lowest BCUT2D eigenvalue weighted by atomic mass is 9.93. The third-order valence-electron chi connectivity index (χ3n) is 5.16. The van der Waals surface area contributed by atoms with Crippen molar-refractivity contribution < 1.29 is 9.59 Å². The second-order valence-electron chi connectivity index (χ2n) is 7.07. The van der Waals surface area contributed by atoms with Crippen LogP contribution >= 0.6 is 12.4 Å². The molecule has 1 fully saturated rings. The number of carbonyl (C=O) groups excluding carboxylic acids is 2. The Morgan fingerprint density at radius 1 is 1.04 bits per heavy atom. The van der Waals surface area contributed by atoms with Gasteiger partial charge in [0.15, 0.2) is 5.78 Å². The number of rotatable bonds is 4. The Labute approximate surface area is 167 Å². The summed E-state index contributed by atoms with van der Waals surface area (Å²) >= 11 is 0. The Morgan fingerprint density at radius 3 is 2.44 bits per heavy atom. The van der Waals surface area contributed by atoms with Gasteiger partial charge in [-0.2, -0.15) is 0 Å². The van der Waals surface area contributed by atoms with Gasteiger partial charge in [-0.05, 0) is 51.4 Å². The Morgan fingerprint density at radius 2 is 1.74 bits per heavy atom. The maximum atomic E-state index is 13.2. The van der Waals surface area contributed by atoms with Crippen LogP contribution in [-0.2, 0) is 0 Å². The molecule has 4 nitrogen and oxygen atoms in total. The predicted octanol–water partition coefficient (Wildman–Crippen LogP) is 3.78. The first-order chi connectivity index (χ1) is 12.5. The van der Waals surface area contributed by atoms with Crippen LogP contribution < -0.4 is 5.32 Å². The number of nitrogens with one attached hydrogen (secondary N) is 1. The highest BCUT2D eigenvalue weighted by Crippen LogP contribution is 2.21. The standard InChI is InChI=1S/C22H26N2O2.ClH/c1-15-10-11-16(2)20(13-15)21(25)18-8-4-5-9-19(18)22(26)24-12-6-7-17(14-24)23-3;/h4-5,8-11,13,17,23H,6-7,12,14H2,1-3H3;1H.